The van der Waals surface area contributed by atoms with Crippen LogP contribution in [-0.2, 0) is 0 Å². The molecule has 0 aromatic heterocycles. The highest BCUT2D eigenvalue weighted by atomic mass is 14.5. The van der Waals surface area contributed by atoms with E-state index in [2.05, 4.69) is 41.5 Å². The number of hydrogen-bond acceptors (Lipinski definition) is 0. The Bertz CT molecular complexity index is 412. The first-order valence-electron chi connectivity index (χ1n) is 16.1. The van der Waals surface area contributed by atoms with Gasteiger partial charge in [-0.05, 0) is 48.3 Å². The van der Waals surface area contributed by atoms with E-state index in [1.165, 1.54) is 128 Å². The lowest BCUT2D eigenvalue weighted by molar-refractivity contribution is 0.340. The van der Waals surface area contributed by atoms with Crippen molar-refractivity contribution in [2.45, 2.75) is 176 Å². The topological polar surface area (TPSA) is 0 Å². The molecule has 0 aromatic rings. The maximum atomic E-state index is 2.51. The molecule has 0 radical (unpaired) electrons. The van der Waals surface area contributed by atoms with Gasteiger partial charge in [-0.15, -0.1) is 0 Å². The van der Waals surface area contributed by atoms with Gasteiger partial charge in [0, 0.05) is 0 Å². The van der Waals surface area contributed by atoms with Crippen LogP contribution >= 0.6 is 0 Å². The van der Waals surface area contributed by atoms with E-state index in [1.807, 2.05) is 0 Å². The maximum Gasteiger partial charge on any atom is -0.0349 e. The average Bonchev–Trinajstić information content (AvgIpc) is 3.49. The van der Waals surface area contributed by atoms with Gasteiger partial charge in [-0.1, -0.05) is 164 Å². The van der Waals surface area contributed by atoms with E-state index in [0.717, 1.165) is 35.5 Å². The molecule has 1 fully saturated rings. The third-order valence-corrected chi connectivity index (χ3v) is 9.32. The SMILES string of the molecule is CCCCCCCCC(C)CCCCC1C(CC)C1CC(CC)CCC(C)CCCCCC. The fourth-order valence-corrected chi connectivity index (χ4v) is 6.66. The molecule has 6 atom stereocenters. The molecule has 0 bridgehead atoms. The first-order valence-corrected chi connectivity index (χ1v) is 16.1. The Hall–Kier alpha value is 0. The molecule has 0 heterocycles. The van der Waals surface area contributed by atoms with Crippen LogP contribution in [0.4, 0.5) is 0 Å². The van der Waals surface area contributed by atoms with Gasteiger partial charge in [0.15, 0.2) is 0 Å². The highest BCUT2D eigenvalue weighted by Crippen LogP contribution is 2.55. The van der Waals surface area contributed by atoms with Crippen molar-refractivity contribution in [2.75, 3.05) is 0 Å². The summed E-state index contributed by atoms with van der Waals surface area (Å²) in [4.78, 5) is 0. The summed E-state index contributed by atoms with van der Waals surface area (Å²) in [6.07, 6.45) is 30.8. The lowest BCUT2D eigenvalue weighted by Crippen LogP contribution is -2.05. The molecule has 0 N–H and O–H groups in total. The molecule has 1 aliphatic carbocycles. The molecule has 0 aliphatic heterocycles. The van der Waals surface area contributed by atoms with E-state index in [-0.39, 0.29) is 0 Å². The van der Waals surface area contributed by atoms with Gasteiger partial charge in [-0.25, -0.2) is 0 Å². The predicted molar refractivity (Wildman–Crippen MR) is 152 cm³/mol. The van der Waals surface area contributed by atoms with Crippen LogP contribution in [-0.4, -0.2) is 0 Å². The summed E-state index contributed by atoms with van der Waals surface area (Å²) in [5.41, 5.74) is 0. The van der Waals surface area contributed by atoms with Gasteiger partial charge < -0.3 is 0 Å². The van der Waals surface area contributed by atoms with E-state index >= 15 is 0 Å². The largest absolute Gasteiger partial charge is 0.0654 e. The molecule has 0 saturated heterocycles. The van der Waals surface area contributed by atoms with Gasteiger partial charge in [-0.3, -0.25) is 0 Å². The van der Waals surface area contributed by atoms with Crippen molar-refractivity contribution >= 4 is 0 Å². The first-order chi connectivity index (χ1) is 16.1. The van der Waals surface area contributed by atoms with Crippen molar-refractivity contribution in [1.29, 1.82) is 0 Å². The predicted octanol–water partition coefficient (Wildman–Crippen LogP) is 12.0. The van der Waals surface area contributed by atoms with Crippen LogP contribution in [0.25, 0.3) is 0 Å². The monoisotopic (exact) mass is 463 g/mol. The standard InChI is InChI=1S/C33H66/c1-7-11-13-15-16-18-21-28(5)23-19-20-24-32-31(10-4)33(32)27-30(9-3)26-25-29(6)22-17-14-12-8-2/h28-33H,7-27H2,1-6H3. The zero-order chi connectivity index (χ0) is 24.3. The molecule has 1 aliphatic rings. The van der Waals surface area contributed by atoms with Gasteiger partial charge >= 0.3 is 0 Å². The van der Waals surface area contributed by atoms with Crippen molar-refractivity contribution in [3.8, 4) is 0 Å². The minimum Gasteiger partial charge on any atom is -0.0654 e. The maximum absolute atomic E-state index is 2.51. The van der Waals surface area contributed by atoms with Crippen LogP contribution in [0.1, 0.15) is 176 Å². The fraction of sp³-hybridized carbons (Fsp3) is 1.00. The minimum atomic E-state index is 0.950. The summed E-state index contributed by atoms with van der Waals surface area (Å²) in [5.74, 6) is 6.16. The van der Waals surface area contributed by atoms with Gasteiger partial charge in [0.25, 0.3) is 0 Å². The number of rotatable bonds is 24. The van der Waals surface area contributed by atoms with Gasteiger partial charge in [0.1, 0.15) is 0 Å². The van der Waals surface area contributed by atoms with Gasteiger partial charge in [0.2, 0.25) is 0 Å². The number of hydrogen-bond donors (Lipinski definition) is 0. The van der Waals surface area contributed by atoms with E-state index in [4.69, 9.17) is 0 Å². The molecule has 1 saturated carbocycles. The molecule has 0 heteroatoms. The van der Waals surface area contributed by atoms with E-state index in [0.29, 0.717) is 0 Å². The van der Waals surface area contributed by atoms with Crippen LogP contribution in [0, 0.1) is 35.5 Å². The van der Waals surface area contributed by atoms with E-state index in [9.17, 15) is 0 Å². The summed E-state index contributed by atoms with van der Waals surface area (Å²) >= 11 is 0. The van der Waals surface area contributed by atoms with Crippen LogP contribution in [0.2, 0.25) is 0 Å². The summed E-state index contributed by atoms with van der Waals surface area (Å²) in [5, 5.41) is 0. The van der Waals surface area contributed by atoms with Crippen LogP contribution in [0.5, 0.6) is 0 Å². The van der Waals surface area contributed by atoms with Crippen molar-refractivity contribution in [3.05, 3.63) is 0 Å². The first kappa shape index (κ1) is 31.0. The normalized spacial score (nSPS) is 22.9. The van der Waals surface area contributed by atoms with Crippen LogP contribution < -0.4 is 0 Å². The Morgan fingerprint density at radius 3 is 1.58 bits per heavy atom. The molecular weight excluding hydrogens is 396 g/mol. The van der Waals surface area contributed by atoms with Crippen molar-refractivity contribution in [2.24, 2.45) is 35.5 Å². The second kappa shape index (κ2) is 20.2. The Morgan fingerprint density at radius 2 is 1.00 bits per heavy atom. The lowest BCUT2D eigenvalue weighted by atomic mass is 9.88. The van der Waals surface area contributed by atoms with Gasteiger partial charge in [0.05, 0.1) is 0 Å². The quantitative estimate of drug-likeness (QED) is 0.125. The number of unbranched alkanes of at least 4 members (excludes halogenated alkanes) is 9. The molecule has 6 unspecified atom stereocenters. The van der Waals surface area contributed by atoms with Crippen LogP contribution in [0.3, 0.4) is 0 Å². The molecule has 198 valence electrons. The molecule has 33 heavy (non-hydrogen) atoms. The minimum absolute atomic E-state index is 0.950. The molecule has 0 nitrogen and oxygen atoms in total. The fourth-order valence-electron chi connectivity index (χ4n) is 6.66. The zero-order valence-electron chi connectivity index (χ0n) is 24.3. The summed E-state index contributed by atoms with van der Waals surface area (Å²) in [6.45, 7) is 14.6. The van der Waals surface area contributed by atoms with E-state index in [1.54, 1.807) is 6.42 Å². The molecule has 0 aromatic carbocycles. The Kier molecular flexibility index (Phi) is 19.0. The highest BCUT2D eigenvalue weighted by Gasteiger charge is 2.47. The van der Waals surface area contributed by atoms with Gasteiger partial charge in [-0.2, -0.15) is 0 Å². The van der Waals surface area contributed by atoms with E-state index < -0.39 is 0 Å². The second-order valence-electron chi connectivity index (χ2n) is 12.4. The Morgan fingerprint density at radius 1 is 0.485 bits per heavy atom. The summed E-state index contributed by atoms with van der Waals surface area (Å²) < 4.78 is 0. The van der Waals surface area contributed by atoms with Crippen LogP contribution in [0.15, 0.2) is 0 Å². The summed E-state index contributed by atoms with van der Waals surface area (Å²) in [6, 6.07) is 0. The lowest BCUT2D eigenvalue weighted by Gasteiger charge is -2.18. The second-order valence-corrected chi connectivity index (χ2v) is 12.4. The Labute approximate surface area is 211 Å². The zero-order valence-corrected chi connectivity index (χ0v) is 24.3. The third-order valence-electron chi connectivity index (χ3n) is 9.32. The van der Waals surface area contributed by atoms with Crippen molar-refractivity contribution < 1.29 is 0 Å². The smallest absolute Gasteiger partial charge is 0.0349 e. The highest BCUT2D eigenvalue weighted by molar-refractivity contribution is 4.96. The molecular formula is C33H66. The average molecular weight is 463 g/mol. The van der Waals surface area contributed by atoms with Crippen molar-refractivity contribution in [3.63, 3.8) is 0 Å². The Balaban J connectivity index is 2.14. The van der Waals surface area contributed by atoms with Crippen molar-refractivity contribution in [1.82, 2.24) is 0 Å². The summed E-state index contributed by atoms with van der Waals surface area (Å²) in [7, 11) is 0. The third kappa shape index (κ3) is 14.9. The molecule has 0 spiro atoms. The molecule has 1 rings (SSSR count). The molecule has 0 amide bonds.